The first kappa shape index (κ1) is 18.7. The summed E-state index contributed by atoms with van der Waals surface area (Å²) in [6.45, 7) is 7.00. The van der Waals surface area contributed by atoms with Crippen molar-refractivity contribution in [2.75, 3.05) is 20.1 Å². The number of benzene rings is 1. The van der Waals surface area contributed by atoms with Crippen molar-refractivity contribution in [2.45, 2.75) is 26.9 Å². The molecule has 0 bridgehead atoms. The number of hydrogen-bond acceptors (Lipinski definition) is 3. The molecule has 0 fully saturated rings. The van der Waals surface area contributed by atoms with Crippen LogP contribution >= 0.6 is 12.4 Å². The van der Waals surface area contributed by atoms with Crippen molar-refractivity contribution in [3.8, 4) is 5.75 Å². The van der Waals surface area contributed by atoms with E-state index in [4.69, 9.17) is 10.5 Å². The summed E-state index contributed by atoms with van der Waals surface area (Å²) in [5.74, 6) is 0.667. The van der Waals surface area contributed by atoms with Gasteiger partial charge in [0.05, 0.1) is 0 Å². The minimum atomic E-state index is -0.499. The van der Waals surface area contributed by atoms with Crippen LogP contribution in [-0.2, 0) is 4.79 Å². The molecule has 1 aromatic rings. The Hall–Kier alpha value is -1.26. The number of carbonyl (C=O) groups excluding carboxylic acids is 1. The molecule has 0 aliphatic heterocycles. The van der Waals surface area contributed by atoms with Crippen LogP contribution in [0.1, 0.15) is 20.8 Å². The standard InChI is InChI=1S/C15H24N2O2.ClH/c1-12(19-13-8-6-5-7-9-13)14(18)17(4)11-15(2,3)10-16;/h5-9,12H,10-11,16H2,1-4H3;1H. The van der Waals surface area contributed by atoms with Gasteiger partial charge in [-0.2, -0.15) is 0 Å². The molecule has 0 heterocycles. The van der Waals surface area contributed by atoms with Crippen molar-refractivity contribution >= 4 is 18.3 Å². The molecule has 1 atom stereocenters. The highest BCUT2D eigenvalue weighted by molar-refractivity contribution is 5.85. The molecule has 0 radical (unpaired) electrons. The van der Waals surface area contributed by atoms with E-state index in [1.54, 1.807) is 18.9 Å². The van der Waals surface area contributed by atoms with Gasteiger partial charge in [0.15, 0.2) is 6.10 Å². The predicted molar refractivity (Wildman–Crippen MR) is 84.3 cm³/mol. The molecule has 0 aromatic heterocycles. The van der Waals surface area contributed by atoms with Gasteiger partial charge in [-0.15, -0.1) is 12.4 Å². The Morgan fingerprint density at radius 3 is 2.40 bits per heavy atom. The first-order chi connectivity index (χ1) is 8.85. The lowest BCUT2D eigenvalue weighted by Crippen LogP contribution is -2.44. The second-order valence-electron chi connectivity index (χ2n) is 5.64. The largest absolute Gasteiger partial charge is 0.481 e. The van der Waals surface area contributed by atoms with E-state index in [1.165, 1.54) is 0 Å². The molecule has 114 valence electrons. The average molecular weight is 301 g/mol. The van der Waals surface area contributed by atoms with Gasteiger partial charge in [-0.25, -0.2) is 0 Å². The molecule has 5 heteroatoms. The number of hydrogen-bond donors (Lipinski definition) is 1. The van der Waals surface area contributed by atoms with Gasteiger partial charge in [-0.05, 0) is 31.0 Å². The zero-order valence-corrected chi connectivity index (χ0v) is 13.4. The van der Waals surface area contributed by atoms with Crippen LogP contribution in [0.15, 0.2) is 30.3 Å². The third kappa shape index (κ3) is 5.80. The highest BCUT2D eigenvalue weighted by Gasteiger charge is 2.25. The Labute approximate surface area is 127 Å². The van der Waals surface area contributed by atoms with Crippen molar-refractivity contribution in [1.82, 2.24) is 4.90 Å². The van der Waals surface area contributed by atoms with Crippen LogP contribution < -0.4 is 10.5 Å². The summed E-state index contributed by atoms with van der Waals surface area (Å²) in [5, 5.41) is 0. The van der Waals surface area contributed by atoms with Crippen molar-refractivity contribution in [2.24, 2.45) is 11.1 Å². The smallest absolute Gasteiger partial charge is 0.263 e. The second-order valence-corrected chi connectivity index (χ2v) is 5.64. The molecule has 1 aromatic carbocycles. The van der Waals surface area contributed by atoms with E-state index in [0.717, 1.165) is 0 Å². The third-order valence-electron chi connectivity index (χ3n) is 3.00. The van der Waals surface area contributed by atoms with Crippen LogP contribution in [0.5, 0.6) is 5.75 Å². The normalized spacial score (nSPS) is 12.2. The number of carbonyl (C=O) groups is 1. The third-order valence-corrected chi connectivity index (χ3v) is 3.00. The van der Waals surface area contributed by atoms with E-state index in [2.05, 4.69) is 0 Å². The van der Waals surface area contributed by atoms with E-state index in [9.17, 15) is 4.79 Å². The molecular weight excluding hydrogens is 276 g/mol. The van der Waals surface area contributed by atoms with Gasteiger partial charge in [0.1, 0.15) is 5.75 Å². The van der Waals surface area contributed by atoms with Crippen molar-refractivity contribution in [3.05, 3.63) is 30.3 Å². The predicted octanol–water partition coefficient (Wildman–Crippen LogP) is 2.32. The van der Waals surface area contributed by atoms with Gasteiger partial charge in [0, 0.05) is 13.6 Å². The van der Waals surface area contributed by atoms with Gasteiger partial charge in [-0.1, -0.05) is 32.0 Å². The lowest BCUT2D eigenvalue weighted by atomic mass is 9.93. The monoisotopic (exact) mass is 300 g/mol. The van der Waals surface area contributed by atoms with Crippen LogP contribution in [0.3, 0.4) is 0 Å². The van der Waals surface area contributed by atoms with Crippen LogP contribution in [0.25, 0.3) is 0 Å². The van der Waals surface area contributed by atoms with Gasteiger partial charge in [0.25, 0.3) is 5.91 Å². The fraction of sp³-hybridized carbons (Fsp3) is 0.533. The SMILES string of the molecule is CC(Oc1ccccc1)C(=O)N(C)CC(C)(C)CN.Cl. The number of amides is 1. The summed E-state index contributed by atoms with van der Waals surface area (Å²) in [4.78, 5) is 13.9. The van der Waals surface area contributed by atoms with Crippen molar-refractivity contribution in [1.29, 1.82) is 0 Å². The summed E-state index contributed by atoms with van der Waals surface area (Å²) in [5.41, 5.74) is 5.60. The summed E-state index contributed by atoms with van der Waals surface area (Å²) >= 11 is 0. The fourth-order valence-electron chi connectivity index (χ4n) is 1.85. The van der Waals surface area contributed by atoms with E-state index in [0.29, 0.717) is 18.8 Å². The van der Waals surface area contributed by atoms with Crippen LogP contribution in [-0.4, -0.2) is 37.0 Å². The van der Waals surface area contributed by atoms with Crippen LogP contribution in [0.2, 0.25) is 0 Å². The summed E-state index contributed by atoms with van der Waals surface area (Å²) in [6.07, 6.45) is -0.499. The minimum Gasteiger partial charge on any atom is -0.481 e. The first-order valence-electron chi connectivity index (χ1n) is 6.52. The number of nitrogens with two attached hydrogens (primary N) is 1. The van der Waals surface area contributed by atoms with E-state index in [1.807, 2.05) is 44.2 Å². The van der Waals surface area contributed by atoms with Crippen molar-refractivity contribution < 1.29 is 9.53 Å². The summed E-state index contributed by atoms with van der Waals surface area (Å²) < 4.78 is 5.62. The minimum absolute atomic E-state index is 0. The van der Waals surface area contributed by atoms with Gasteiger partial charge < -0.3 is 15.4 Å². The Kier molecular flexibility index (Phi) is 7.61. The lowest BCUT2D eigenvalue weighted by molar-refractivity contribution is -0.137. The molecule has 1 amide bonds. The summed E-state index contributed by atoms with van der Waals surface area (Å²) in [7, 11) is 1.78. The number of halogens is 1. The molecule has 0 saturated heterocycles. The Bertz CT molecular complexity index is 410. The van der Waals surface area contributed by atoms with Gasteiger partial charge in [0.2, 0.25) is 0 Å². The Morgan fingerprint density at radius 1 is 1.35 bits per heavy atom. The molecule has 0 saturated carbocycles. The highest BCUT2D eigenvalue weighted by Crippen LogP contribution is 2.16. The lowest BCUT2D eigenvalue weighted by Gasteiger charge is -2.30. The van der Waals surface area contributed by atoms with E-state index in [-0.39, 0.29) is 23.7 Å². The van der Waals surface area contributed by atoms with Crippen LogP contribution in [0.4, 0.5) is 0 Å². The molecule has 2 N–H and O–H groups in total. The van der Waals surface area contributed by atoms with Crippen LogP contribution in [0, 0.1) is 5.41 Å². The molecule has 0 spiro atoms. The quantitative estimate of drug-likeness (QED) is 0.877. The van der Waals surface area contributed by atoms with Gasteiger partial charge >= 0.3 is 0 Å². The maximum Gasteiger partial charge on any atom is 0.263 e. The molecule has 4 nitrogen and oxygen atoms in total. The number of ether oxygens (including phenoxy) is 1. The number of likely N-dealkylation sites (N-methyl/N-ethyl adjacent to an activating group) is 1. The average Bonchev–Trinajstić information content (AvgIpc) is 2.38. The van der Waals surface area contributed by atoms with Gasteiger partial charge in [-0.3, -0.25) is 4.79 Å². The van der Waals surface area contributed by atoms with E-state index < -0.39 is 6.10 Å². The zero-order valence-electron chi connectivity index (χ0n) is 12.6. The molecular formula is C15H25ClN2O2. The fourth-order valence-corrected chi connectivity index (χ4v) is 1.85. The Balaban J connectivity index is 0.00000361. The number of nitrogens with zero attached hydrogens (tertiary/aromatic N) is 1. The topological polar surface area (TPSA) is 55.6 Å². The molecule has 1 unspecified atom stereocenters. The maximum atomic E-state index is 12.2. The number of para-hydroxylation sites is 1. The molecule has 0 aliphatic rings. The molecule has 1 rings (SSSR count). The molecule has 20 heavy (non-hydrogen) atoms. The van der Waals surface area contributed by atoms with Crippen molar-refractivity contribution in [3.63, 3.8) is 0 Å². The summed E-state index contributed by atoms with van der Waals surface area (Å²) in [6, 6.07) is 9.36. The van der Waals surface area contributed by atoms with E-state index >= 15 is 0 Å². The zero-order chi connectivity index (χ0) is 14.5. The first-order valence-corrected chi connectivity index (χ1v) is 6.52. The highest BCUT2D eigenvalue weighted by atomic mass is 35.5. The Morgan fingerprint density at radius 2 is 1.90 bits per heavy atom. The maximum absolute atomic E-state index is 12.2. The molecule has 0 aliphatic carbocycles. The number of rotatable bonds is 6. The second kappa shape index (κ2) is 8.12.